The Morgan fingerprint density at radius 2 is 1.91 bits per heavy atom. The van der Waals surface area contributed by atoms with Crippen molar-refractivity contribution in [3.63, 3.8) is 0 Å². The van der Waals surface area contributed by atoms with E-state index in [-0.39, 0.29) is 23.3 Å². The minimum atomic E-state index is -0.744. The van der Waals surface area contributed by atoms with Crippen LogP contribution in [0, 0.1) is 11.6 Å². The topological polar surface area (TPSA) is 78.1 Å². The van der Waals surface area contributed by atoms with Crippen LogP contribution in [0.5, 0.6) is 5.75 Å². The number of aryl methyl sites for hydroxylation is 1. The number of thiophene rings is 1. The highest BCUT2D eigenvalue weighted by Crippen LogP contribution is 2.47. The maximum Gasteiger partial charge on any atom is 0.246 e. The van der Waals surface area contributed by atoms with Crippen molar-refractivity contribution < 1.29 is 18.3 Å². The van der Waals surface area contributed by atoms with Gasteiger partial charge in [0.25, 0.3) is 0 Å². The first-order valence-electron chi connectivity index (χ1n) is 14.7. The summed E-state index contributed by atoms with van der Waals surface area (Å²) in [6, 6.07) is 12.0. The van der Waals surface area contributed by atoms with Crippen LogP contribution in [0.3, 0.4) is 0 Å². The Morgan fingerprint density at radius 3 is 2.71 bits per heavy atom. The van der Waals surface area contributed by atoms with Gasteiger partial charge < -0.3 is 14.2 Å². The van der Waals surface area contributed by atoms with Crippen molar-refractivity contribution in [3.8, 4) is 39.5 Å². The summed E-state index contributed by atoms with van der Waals surface area (Å²) in [5.41, 5.74) is 5.99. The molecule has 0 bridgehead atoms. The molecule has 1 amide bonds. The molecule has 1 aliphatic heterocycles. The van der Waals surface area contributed by atoms with Crippen LogP contribution in [0.4, 0.5) is 8.78 Å². The van der Waals surface area contributed by atoms with Gasteiger partial charge in [0.2, 0.25) is 5.91 Å². The Labute approximate surface area is 262 Å². The molecule has 0 N–H and O–H groups in total. The molecule has 2 aromatic carbocycles. The number of carbonyl (C=O) groups excluding carboxylic acids is 1. The number of fused-ring (bicyclic) bond motifs is 3. The van der Waals surface area contributed by atoms with E-state index < -0.39 is 11.6 Å². The second-order valence-electron chi connectivity index (χ2n) is 11.4. The SMILES string of the molecule is C=CC(=O)N1CCc2cc(-c3nc(-c4ccc5ncn(C)c5c4)c4ccsc4c3-c3c(F)cc(F)cc3OC(C)C)nn2CC1. The molecule has 11 heteroatoms. The lowest BCUT2D eigenvalue weighted by atomic mass is 9.96. The minimum Gasteiger partial charge on any atom is -0.490 e. The van der Waals surface area contributed by atoms with Gasteiger partial charge in [-0.1, -0.05) is 12.6 Å². The first-order chi connectivity index (χ1) is 21.7. The summed E-state index contributed by atoms with van der Waals surface area (Å²) >= 11 is 1.46. The van der Waals surface area contributed by atoms with E-state index in [0.29, 0.717) is 48.7 Å². The summed E-state index contributed by atoms with van der Waals surface area (Å²) in [6.45, 7) is 8.74. The number of pyridine rings is 1. The number of rotatable bonds is 6. The summed E-state index contributed by atoms with van der Waals surface area (Å²) in [7, 11) is 1.94. The molecular formula is C34H30F2N6O2S. The fraction of sp³-hybridized carbons (Fsp3) is 0.235. The smallest absolute Gasteiger partial charge is 0.246 e. The Morgan fingerprint density at radius 1 is 1.07 bits per heavy atom. The third-order valence-electron chi connectivity index (χ3n) is 8.05. The molecule has 0 spiro atoms. The predicted octanol–water partition coefficient (Wildman–Crippen LogP) is 7.02. The number of carbonyl (C=O) groups is 1. The van der Waals surface area contributed by atoms with Crippen molar-refractivity contribution in [1.29, 1.82) is 0 Å². The van der Waals surface area contributed by atoms with Crippen LogP contribution in [-0.2, 0) is 24.8 Å². The second kappa shape index (κ2) is 11.2. The number of amides is 1. The van der Waals surface area contributed by atoms with E-state index in [1.54, 1.807) is 11.2 Å². The zero-order valence-electron chi connectivity index (χ0n) is 25.1. The average Bonchev–Trinajstić information content (AvgIpc) is 3.72. The monoisotopic (exact) mass is 624 g/mol. The molecular weight excluding hydrogens is 594 g/mol. The van der Waals surface area contributed by atoms with Gasteiger partial charge in [0.15, 0.2) is 0 Å². The average molecular weight is 625 g/mol. The Balaban J connectivity index is 1.49. The number of hydrogen-bond acceptors (Lipinski definition) is 6. The van der Waals surface area contributed by atoms with Gasteiger partial charge in [0.05, 0.1) is 41.3 Å². The second-order valence-corrected chi connectivity index (χ2v) is 12.3. The Bertz CT molecular complexity index is 2100. The molecule has 4 aromatic heterocycles. The third-order valence-corrected chi connectivity index (χ3v) is 8.98. The van der Waals surface area contributed by atoms with Crippen molar-refractivity contribution in [3.05, 3.63) is 84.2 Å². The molecule has 0 saturated heterocycles. The van der Waals surface area contributed by atoms with Gasteiger partial charge in [-0.25, -0.2) is 18.7 Å². The van der Waals surface area contributed by atoms with E-state index in [4.69, 9.17) is 14.8 Å². The predicted molar refractivity (Wildman–Crippen MR) is 172 cm³/mol. The zero-order valence-corrected chi connectivity index (χ0v) is 25.9. The number of nitrogens with zero attached hydrogens (tertiary/aromatic N) is 6. The molecule has 0 aliphatic carbocycles. The quantitative estimate of drug-likeness (QED) is 0.186. The van der Waals surface area contributed by atoms with Crippen molar-refractivity contribution in [2.24, 2.45) is 7.05 Å². The minimum absolute atomic E-state index is 0.101. The molecule has 6 aromatic rings. The summed E-state index contributed by atoms with van der Waals surface area (Å²) in [5.74, 6) is -1.49. The maximum absolute atomic E-state index is 16.0. The zero-order chi connectivity index (χ0) is 31.4. The van der Waals surface area contributed by atoms with Gasteiger partial charge in [-0.3, -0.25) is 9.48 Å². The van der Waals surface area contributed by atoms with Gasteiger partial charge >= 0.3 is 0 Å². The lowest BCUT2D eigenvalue weighted by molar-refractivity contribution is -0.126. The number of hydrogen-bond donors (Lipinski definition) is 0. The fourth-order valence-electron chi connectivity index (χ4n) is 5.97. The number of ether oxygens (including phenoxy) is 1. The fourth-order valence-corrected chi connectivity index (χ4v) is 6.92. The standard InChI is InChI=1S/C34H30F2N6O2S/c1-5-29(43)41-10-8-22-17-26(39-42(22)12-11-41)33-31(30-24(36)15-21(35)16-28(30)44-19(2)3)34-23(9-13-45-34)32(38-33)20-6-7-25-27(14-20)40(4)18-37-25/h5-7,9,13-19H,1,8,10-12H2,2-4H3. The van der Waals surface area contributed by atoms with Crippen LogP contribution in [0.25, 0.3) is 54.9 Å². The normalized spacial score (nSPS) is 13.4. The molecule has 0 fully saturated rings. The van der Waals surface area contributed by atoms with Crippen LogP contribution < -0.4 is 4.74 Å². The van der Waals surface area contributed by atoms with Gasteiger partial charge in [-0.05, 0) is 49.6 Å². The van der Waals surface area contributed by atoms with E-state index in [1.165, 1.54) is 23.5 Å². The summed E-state index contributed by atoms with van der Waals surface area (Å²) in [5, 5.41) is 7.73. The van der Waals surface area contributed by atoms with Crippen LogP contribution >= 0.6 is 11.3 Å². The highest BCUT2D eigenvalue weighted by Gasteiger charge is 2.28. The van der Waals surface area contributed by atoms with Gasteiger partial charge in [0, 0.05) is 65.6 Å². The number of halogens is 2. The number of imidazole rings is 1. The van der Waals surface area contributed by atoms with Crippen LogP contribution in [0.15, 0.2) is 66.8 Å². The molecule has 228 valence electrons. The molecule has 0 unspecified atom stereocenters. The molecule has 1 aliphatic rings. The lowest BCUT2D eigenvalue weighted by Gasteiger charge is -2.19. The number of benzene rings is 2. The van der Waals surface area contributed by atoms with Gasteiger partial charge in [-0.2, -0.15) is 5.10 Å². The lowest BCUT2D eigenvalue weighted by Crippen LogP contribution is -2.32. The van der Waals surface area contributed by atoms with E-state index in [9.17, 15) is 9.18 Å². The van der Waals surface area contributed by atoms with Gasteiger partial charge in [-0.15, -0.1) is 11.3 Å². The van der Waals surface area contributed by atoms with Crippen molar-refractivity contribution >= 4 is 38.4 Å². The van der Waals surface area contributed by atoms with Gasteiger partial charge in [0.1, 0.15) is 28.8 Å². The molecule has 0 saturated carbocycles. The van der Waals surface area contributed by atoms with Crippen molar-refractivity contribution in [2.75, 3.05) is 13.1 Å². The van der Waals surface area contributed by atoms with Crippen LogP contribution in [0.1, 0.15) is 19.5 Å². The summed E-state index contributed by atoms with van der Waals surface area (Å²) < 4.78 is 41.2. The Hall–Kier alpha value is -4.90. The summed E-state index contributed by atoms with van der Waals surface area (Å²) in [6.07, 6.45) is 3.35. The van der Waals surface area contributed by atoms with E-state index in [2.05, 4.69) is 11.6 Å². The molecule has 8 nitrogen and oxygen atoms in total. The van der Waals surface area contributed by atoms with Crippen molar-refractivity contribution in [2.45, 2.75) is 32.9 Å². The summed E-state index contributed by atoms with van der Waals surface area (Å²) in [4.78, 5) is 23.7. The highest BCUT2D eigenvalue weighted by molar-refractivity contribution is 7.18. The highest BCUT2D eigenvalue weighted by atomic mass is 32.1. The van der Waals surface area contributed by atoms with Crippen LogP contribution in [-0.4, -0.2) is 54.3 Å². The molecule has 0 radical (unpaired) electrons. The van der Waals surface area contributed by atoms with E-state index in [0.717, 1.165) is 38.4 Å². The van der Waals surface area contributed by atoms with Crippen molar-refractivity contribution in [1.82, 2.24) is 29.2 Å². The third kappa shape index (κ3) is 5.06. The molecule has 5 heterocycles. The molecule has 45 heavy (non-hydrogen) atoms. The van der Waals surface area contributed by atoms with Crippen LogP contribution in [0.2, 0.25) is 0 Å². The first-order valence-corrected chi connectivity index (χ1v) is 15.6. The maximum atomic E-state index is 16.0. The molecule has 7 rings (SSSR count). The van der Waals surface area contributed by atoms with E-state index >= 15 is 4.39 Å². The molecule has 0 atom stereocenters. The Kier molecular flexibility index (Phi) is 7.20. The number of aromatic nitrogens is 5. The largest absolute Gasteiger partial charge is 0.490 e. The first kappa shape index (κ1) is 28.8. The van der Waals surface area contributed by atoms with E-state index in [1.807, 2.05) is 65.9 Å².